The normalized spacial score (nSPS) is 12.3. The third kappa shape index (κ3) is 7.02. The number of aromatic nitrogens is 5. The number of hydrogen-bond donors (Lipinski definition) is 3. The van der Waals surface area contributed by atoms with Gasteiger partial charge in [0.2, 0.25) is 23.3 Å². The van der Waals surface area contributed by atoms with Gasteiger partial charge in [-0.2, -0.15) is 0 Å². The molecule has 0 fully saturated rings. The highest BCUT2D eigenvalue weighted by molar-refractivity contribution is 6.00. The van der Waals surface area contributed by atoms with Crippen LogP contribution in [0.4, 0.5) is 87.8 Å². The van der Waals surface area contributed by atoms with Crippen LogP contribution in [0.1, 0.15) is 22.8 Å². The van der Waals surface area contributed by atoms with Crippen molar-refractivity contribution >= 4 is 57.4 Å². The van der Waals surface area contributed by atoms with E-state index in [-0.39, 0.29) is 11.0 Å². The summed E-state index contributed by atoms with van der Waals surface area (Å²) in [7, 11) is 0. The predicted molar refractivity (Wildman–Crippen MR) is 220 cm³/mol. The zero-order valence-corrected chi connectivity index (χ0v) is 34.7. The first kappa shape index (κ1) is 48.0. The Hall–Kier alpha value is -8.64. The van der Waals surface area contributed by atoms with Gasteiger partial charge in [-0.15, -0.1) is 0 Å². The SMILES string of the molecule is Fc1c(F)c(F)c(-c2c3nc(c(-c4c(F)c(F)c(F)c(F)c4F)c4ccc([nH]4)c4ccc([nH]4)c(-c4c(F)c(F)c(F)c(F)c4F)c4nc(c(-c5c(F)c(F)c(F)c(F)c5F)c5ccc2[nH]5)C=C4)C=C3)c(F)c1F. The van der Waals surface area contributed by atoms with E-state index in [0.29, 0.717) is 36.4 Å². The Labute approximate surface area is 389 Å². The Morgan fingerprint density at radius 1 is 0.192 bits per heavy atom. The molecule has 6 heterocycles. The summed E-state index contributed by atoms with van der Waals surface area (Å²) in [6, 6.07) is 5.13. The Balaban J connectivity index is 1.50. The topological polar surface area (TPSA) is 73.2 Å². The molecule has 0 amide bonds. The molecule has 8 aromatic rings. The number of fused-ring (bicyclic) bond motifs is 11. The van der Waals surface area contributed by atoms with E-state index in [2.05, 4.69) is 24.9 Å². The smallest absolute Gasteiger partial charge is 0.200 e. The average Bonchev–Trinajstić information content (AvgIpc) is 4.26. The van der Waals surface area contributed by atoms with Gasteiger partial charge in [0, 0.05) is 44.3 Å². The van der Waals surface area contributed by atoms with E-state index in [1.165, 1.54) is 0 Å². The number of hydrogen-bond acceptors (Lipinski definition) is 2. The van der Waals surface area contributed by atoms with E-state index in [1.54, 1.807) is 0 Å². The molecule has 370 valence electrons. The van der Waals surface area contributed by atoms with Gasteiger partial charge in [0.05, 0.1) is 56.1 Å². The maximum Gasteiger partial charge on any atom is 0.200 e. The lowest BCUT2D eigenvalue weighted by atomic mass is 10.0. The number of aromatic amines is 3. The Morgan fingerprint density at radius 3 is 0.534 bits per heavy atom. The van der Waals surface area contributed by atoms with Gasteiger partial charge in [0.1, 0.15) is 0 Å². The van der Waals surface area contributed by atoms with E-state index in [4.69, 9.17) is 0 Å². The molecule has 25 heteroatoms. The molecule has 0 radical (unpaired) electrons. The molecule has 0 aliphatic carbocycles. The van der Waals surface area contributed by atoms with Crippen molar-refractivity contribution in [3.63, 3.8) is 0 Å². The van der Waals surface area contributed by atoms with Crippen LogP contribution in [0.2, 0.25) is 0 Å². The lowest BCUT2D eigenvalue weighted by Crippen LogP contribution is -2.06. The number of halogens is 20. The first-order valence-corrected chi connectivity index (χ1v) is 20.0. The second kappa shape index (κ2) is 17.0. The summed E-state index contributed by atoms with van der Waals surface area (Å²) in [5.41, 5.74) is -19.6. The largest absolute Gasteiger partial charge is 0.354 e. The predicted octanol–water partition coefficient (Wildman–Crippen LogP) is 15.1. The standard InChI is InChI=1S/C48H13F20N5/c49-29-25(30(50)38(58)45(65)37(29)57)21-13-3-1-11(69-13)12-2-4-14(70-12)22(26-31(51)39(59)46(66)40(60)32(26)52)16-6-8-18(72-16)24(28-35(55)43(63)48(68)44(64)36(28)56)20-10-9-19(73-20)23(17-7-5-15(21)71-17)27-33(53)41(61)47(67)42(62)34(27)54/h1-10,69-70,73H. The van der Waals surface area contributed by atoms with Crippen LogP contribution < -0.4 is 0 Å². The third-order valence-corrected chi connectivity index (χ3v) is 11.6. The fourth-order valence-electron chi connectivity index (χ4n) is 8.26. The van der Waals surface area contributed by atoms with Gasteiger partial charge in [-0.1, -0.05) is 0 Å². The van der Waals surface area contributed by atoms with Crippen molar-refractivity contribution < 1.29 is 87.8 Å². The maximum absolute atomic E-state index is 16.0. The highest BCUT2D eigenvalue weighted by Gasteiger charge is 2.35. The fraction of sp³-hybridized carbons (Fsp3) is 0. The van der Waals surface area contributed by atoms with Crippen molar-refractivity contribution in [1.29, 1.82) is 0 Å². The minimum absolute atomic E-state index is 0.297. The maximum atomic E-state index is 16.0. The van der Waals surface area contributed by atoms with Gasteiger partial charge in [0.15, 0.2) is 93.1 Å². The van der Waals surface area contributed by atoms with Crippen LogP contribution in [-0.2, 0) is 0 Å². The van der Waals surface area contributed by atoms with E-state index in [1.807, 2.05) is 0 Å². The molecule has 10 bridgehead atoms. The summed E-state index contributed by atoms with van der Waals surface area (Å²) in [5, 5.41) is 0. The molecule has 5 nitrogen and oxygen atoms in total. The molecule has 73 heavy (non-hydrogen) atoms. The number of nitrogens with one attached hydrogen (secondary N) is 3. The quantitative estimate of drug-likeness (QED) is 0.0933. The van der Waals surface area contributed by atoms with Crippen LogP contribution in [0.25, 0.3) is 102 Å². The molecular formula is C48H13F20N5. The Kier molecular flexibility index (Phi) is 11.2. The first-order chi connectivity index (χ1) is 34.5. The second-order valence-electron chi connectivity index (χ2n) is 15.6. The van der Waals surface area contributed by atoms with Crippen molar-refractivity contribution in [2.24, 2.45) is 0 Å². The molecule has 4 aromatic heterocycles. The summed E-state index contributed by atoms with van der Waals surface area (Å²) in [6.45, 7) is 0. The van der Waals surface area contributed by atoms with Gasteiger partial charge in [-0.05, 0) is 60.7 Å². The lowest BCUT2D eigenvalue weighted by molar-refractivity contribution is 0.381. The zero-order valence-electron chi connectivity index (χ0n) is 34.7. The fourth-order valence-corrected chi connectivity index (χ4v) is 8.26. The van der Waals surface area contributed by atoms with Gasteiger partial charge >= 0.3 is 0 Å². The summed E-state index contributed by atoms with van der Waals surface area (Å²) in [5.74, 6) is -51.9. The monoisotopic (exact) mass is 1040 g/mol. The van der Waals surface area contributed by atoms with E-state index in [9.17, 15) is 35.1 Å². The summed E-state index contributed by atoms with van der Waals surface area (Å²) >= 11 is 0. The van der Waals surface area contributed by atoms with Crippen molar-refractivity contribution in [3.05, 3.63) is 176 Å². The molecule has 0 atom stereocenters. The zero-order chi connectivity index (χ0) is 52.5. The van der Waals surface area contributed by atoms with Crippen LogP contribution in [0.3, 0.4) is 0 Å². The summed E-state index contributed by atoms with van der Waals surface area (Å²) < 4.78 is 305. The minimum atomic E-state index is -2.72. The van der Waals surface area contributed by atoms with E-state index in [0.717, 1.165) is 24.3 Å². The van der Waals surface area contributed by atoms with Crippen LogP contribution in [0, 0.1) is 116 Å². The van der Waals surface area contributed by atoms with Gasteiger partial charge in [0.25, 0.3) is 0 Å². The molecule has 3 N–H and O–H groups in total. The summed E-state index contributed by atoms with van der Waals surface area (Å²) in [6.07, 6.45) is 2.73. The van der Waals surface area contributed by atoms with Crippen LogP contribution in [0.5, 0.6) is 0 Å². The first-order valence-electron chi connectivity index (χ1n) is 20.0. The number of nitrogens with zero attached hydrogens (tertiary/aromatic N) is 2. The van der Waals surface area contributed by atoms with E-state index < -0.39 is 206 Å². The third-order valence-electron chi connectivity index (χ3n) is 11.6. The number of benzene rings is 4. The van der Waals surface area contributed by atoms with Crippen LogP contribution in [-0.4, -0.2) is 24.9 Å². The molecule has 2 aliphatic heterocycles. The molecule has 0 saturated heterocycles. The Morgan fingerprint density at radius 2 is 0.342 bits per heavy atom. The van der Waals surface area contributed by atoms with Gasteiger partial charge < -0.3 is 15.0 Å². The average molecular weight is 1040 g/mol. The van der Waals surface area contributed by atoms with Crippen LogP contribution in [0.15, 0.2) is 36.4 Å². The highest BCUT2D eigenvalue weighted by atomic mass is 19.2. The molecule has 0 spiro atoms. The van der Waals surface area contributed by atoms with E-state index >= 15 is 52.7 Å². The molecule has 0 unspecified atom stereocenters. The molecule has 10 rings (SSSR count). The highest BCUT2D eigenvalue weighted by Crippen LogP contribution is 2.44. The van der Waals surface area contributed by atoms with Crippen molar-refractivity contribution in [3.8, 4) is 44.5 Å². The van der Waals surface area contributed by atoms with Crippen LogP contribution >= 0.6 is 0 Å². The van der Waals surface area contributed by atoms with Crippen molar-refractivity contribution in [2.45, 2.75) is 0 Å². The molecule has 0 saturated carbocycles. The summed E-state index contributed by atoms with van der Waals surface area (Å²) in [4.78, 5) is 15.4. The Bertz CT molecular complexity index is 3740. The van der Waals surface area contributed by atoms with Crippen molar-refractivity contribution in [2.75, 3.05) is 0 Å². The van der Waals surface area contributed by atoms with Gasteiger partial charge in [-0.25, -0.2) is 97.8 Å². The molecule has 4 aromatic carbocycles. The van der Waals surface area contributed by atoms with Gasteiger partial charge in [-0.3, -0.25) is 0 Å². The molecular weight excluding hydrogens is 1030 g/mol. The minimum Gasteiger partial charge on any atom is -0.354 e. The lowest BCUT2D eigenvalue weighted by Gasteiger charge is -2.11. The van der Waals surface area contributed by atoms with Crippen molar-refractivity contribution in [1.82, 2.24) is 24.9 Å². The number of H-pyrrole nitrogens is 3. The second-order valence-corrected chi connectivity index (χ2v) is 15.6. The molecule has 2 aliphatic rings. The number of rotatable bonds is 4.